The van der Waals surface area contributed by atoms with Crippen LogP contribution in [0.25, 0.3) is 0 Å². The summed E-state index contributed by atoms with van der Waals surface area (Å²) in [6.45, 7) is 0. The SMILES string of the molecule is NC(=O)CC(N=C(CC(=O)O)C(=O)O)C(=O)O. The molecule has 0 spiro atoms. The molecular formula is C8H10N2O7. The fourth-order valence-corrected chi connectivity index (χ4v) is 0.887. The number of nitrogens with zero attached hydrogens (tertiary/aromatic N) is 1. The van der Waals surface area contributed by atoms with E-state index in [9.17, 15) is 19.2 Å². The monoisotopic (exact) mass is 246 g/mol. The van der Waals surface area contributed by atoms with E-state index in [1.54, 1.807) is 0 Å². The largest absolute Gasteiger partial charge is 0.481 e. The maximum atomic E-state index is 10.6. The van der Waals surface area contributed by atoms with Crippen molar-refractivity contribution in [2.45, 2.75) is 18.9 Å². The molecule has 9 heteroatoms. The van der Waals surface area contributed by atoms with Crippen LogP contribution in [0.3, 0.4) is 0 Å². The molecule has 5 N–H and O–H groups in total. The Morgan fingerprint density at radius 1 is 1.12 bits per heavy atom. The molecule has 0 aliphatic carbocycles. The summed E-state index contributed by atoms with van der Waals surface area (Å²) < 4.78 is 0. The quantitative estimate of drug-likeness (QED) is 0.388. The lowest BCUT2D eigenvalue weighted by Crippen LogP contribution is -2.29. The highest BCUT2D eigenvalue weighted by atomic mass is 16.4. The van der Waals surface area contributed by atoms with Gasteiger partial charge in [-0.3, -0.25) is 14.6 Å². The van der Waals surface area contributed by atoms with Gasteiger partial charge in [0, 0.05) is 0 Å². The van der Waals surface area contributed by atoms with E-state index in [1.807, 2.05) is 0 Å². The van der Waals surface area contributed by atoms with Gasteiger partial charge in [-0.2, -0.15) is 0 Å². The highest BCUT2D eigenvalue weighted by Gasteiger charge is 2.23. The second-order valence-corrected chi connectivity index (χ2v) is 2.98. The zero-order chi connectivity index (χ0) is 13.6. The number of carbonyl (C=O) groups is 4. The van der Waals surface area contributed by atoms with Crippen LogP contribution in [0.1, 0.15) is 12.8 Å². The van der Waals surface area contributed by atoms with E-state index in [4.69, 9.17) is 21.1 Å². The van der Waals surface area contributed by atoms with Crippen LogP contribution in [0, 0.1) is 0 Å². The Hall–Kier alpha value is -2.45. The van der Waals surface area contributed by atoms with Crippen LogP contribution in [-0.4, -0.2) is 50.9 Å². The van der Waals surface area contributed by atoms with Crippen molar-refractivity contribution < 1.29 is 34.5 Å². The van der Waals surface area contributed by atoms with Gasteiger partial charge in [0.25, 0.3) is 0 Å². The second-order valence-electron chi connectivity index (χ2n) is 2.98. The van der Waals surface area contributed by atoms with E-state index < -0.39 is 48.4 Å². The normalized spacial score (nSPS) is 12.8. The van der Waals surface area contributed by atoms with Crippen LogP contribution in [-0.2, 0) is 19.2 Å². The molecular weight excluding hydrogens is 236 g/mol. The van der Waals surface area contributed by atoms with Gasteiger partial charge in [0.15, 0.2) is 6.04 Å². The standard InChI is InChI=1S/C8H10N2O7/c9-5(11)1-3(7(14)15)10-4(8(16)17)2-6(12)13/h3H,1-2H2,(H2,9,11)(H,12,13)(H,14,15)(H,16,17). The van der Waals surface area contributed by atoms with Crippen LogP contribution in [0.2, 0.25) is 0 Å². The van der Waals surface area contributed by atoms with Crippen LogP contribution < -0.4 is 5.73 Å². The van der Waals surface area contributed by atoms with Crippen molar-refractivity contribution in [3.05, 3.63) is 0 Å². The van der Waals surface area contributed by atoms with Gasteiger partial charge in [-0.05, 0) is 0 Å². The molecule has 0 heterocycles. The minimum Gasteiger partial charge on any atom is -0.481 e. The van der Waals surface area contributed by atoms with Crippen LogP contribution in [0.5, 0.6) is 0 Å². The van der Waals surface area contributed by atoms with Crippen LogP contribution >= 0.6 is 0 Å². The minimum absolute atomic E-state index is 0.703. The Morgan fingerprint density at radius 3 is 1.94 bits per heavy atom. The molecule has 0 aromatic heterocycles. The van der Waals surface area contributed by atoms with Gasteiger partial charge < -0.3 is 21.1 Å². The summed E-state index contributed by atoms with van der Waals surface area (Å²) in [5, 5.41) is 25.6. The molecule has 9 nitrogen and oxygen atoms in total. The number of hydrogen-bond acceptors (Lipinski definition) is 5. The highest BCUT2D eigenvalue weighted by Crippen LogP contribution is 2.01. The Kier molecular flexibility index (Phi) is 5.31. The Balaban J connectivity index is 5.07. The van der Waals surface area contributed by atoms with E-state index in [0.29, 0.717) is 0 Å². The summed E-state index contributed by atoms with van der Waals surface area (Å²) in [6, 6.07) is -1.70. The Labute approximate surface area is 94.6 Å². The minimum atomic E-state index is -1.70. The van der Waals surface area contributed by atoms with E-state index >= 15 is 0 Å². The lowest BCUT2D eigenvalue weighted by Gasteiger charge is -2.06. The molecule has 94 valence electrons. The molecule has 0 rings (SSSR count). The van der Waals surface area contributed by atoms with Gasteiger partial charge in [0.05, 0.1) is 12.8 Å². The number of primary amides is 1. The van der Waals surface area contributed by atoms with Crippen LogP contribution in [0.15, 0.2) is 4.99 Å². The van der Waals surface area contributed by atoms with Gasteiger partial charge in [-0.1, -0.05) is 0 Å². The maximum Gasteiger partial charge on any atom is 0.350 e. The molecule has 0 aromatic rings. The van der Waals surface area contributed by atoms with Crippen molar-refractivity contribution >= 4 is 29.5 Å². The molecule has 0 saturated carbocycles. The van der Waals surface area contributed by atoms with Gasteiger partial charge >= 0.3 is 17.9 Å². The topological polar surface area (TPSA) is 167 Å². The number of amides is 1. The molecule has 0 fully saturated rings. The molecule has 0 aliphatic rings. The zero-order valence-electron chi connectivity index (χ0n) is 8.49. The van der Waals surface area contributed by atoms with Gasteiger partial charge in [-0.25, -0.2) is 9.59 Å². The van der Waals surface area contributed by atoms with Crippen LogP contribution in [0.4, 0.5) is 0 Å². The van der Waals surface area contributed by atoms with Crippen molar-refractivity contribution in [2.75, 3.05) is 0 Å². The van der Waals surface area contributed by atoms with Gasteiger partial charge in [-0.15, -0.1) is 0 Å². The number of nitrogens with two attached hydrogens (primary N) is 1. The third-order valence-electron chi connectivity index (χ3n) is 1.56. The molecule has 0 aromatic carbocycles. The fraction of sp³-hybridized carbons (Fsp3) is 0.375. The molecule has 1 unspecified atom stereocenters. The van der Waals surface area contributed by atoms with E-state index in [0.717, 1.165) is 0 Å². The highest BCUT2D eigenvalue weighted by molar-refractivity contribution is 6.38. The summed E-state index contributed by atoms with van der Waals surface area (Å²) >= 11 is 0. The first kappa shape index (κ1) is 14.6. The maximum absolute atomic E-state index is 10.6. The number of carboxylic acids is 3. The van der Waals surface area contributed by atoms with Crippen molar-refractivity contribution in [3.8, 4) is 0 Å². The second kappa shape index (κ2) is 6.20. The number of carboxylic acid groups (broad SMARTS) is 3. The number of hydrogen-bond donors (Lipinski definition) is 4. The van der Waals surface area contributed by atoms with Crippen molar-refractivity contribution in [3.63, 3.8) is 0 Å². The van der Waals surface area contributed by atoms with E-state index in [1.165, 1.54) is 0 Å². The molecule has 0 bridgehead atoms. The predicted molar refractivity (Wildman–Crippen MR) is 52.6 cm³/mol. The first-order valence-corrected chi connectivity index (χ1v) is 4.27. The molecule has 0 saturated heterocycles. The molecule has 1 atom stereocenters. The van der Waals surface area contributed by atoms with Gasteiger partial charge in [0.1, 0.15) is 5.71 Å². The number of rotatable bonds is 7. The Morgan fingerprint density at radius 2 is 1.65 bits per heavy atom. The molecule has 17 heavy (non-hydrogen) atoms. The van der Waals surface area contributed by atoms with Crippen molar-refractivity contribution in [2.24, 2.45) is 10.7 Å². The predicted octanol–water partition coefficient (Wildman–Crippen LogP) is -1.68. The summed E-state index contributed by atoms with van der Waals surface area (Å²) in [5.74, 6) is -5.69. The van der Waals surface area contributed by atoms with E-state index in [2.05, 4.69) is 4.99 Å². The Bertz CT molecular complexity index is 387. The first-order valence-electron chi connectivity index (χ1n) is 4.27. The van der Waals surface area contributed by atoms with Crippen molar-refractivity contribution in [1.82, 2.24) is 0 Å². The smallest absolute Gasteiger partial charge is 0.350 e. The van der Waals surface area contributed by atoms with Gasteiger partial charge in [0.2, 0.25) is 5.91 Å². The average molecular weight is 246 g/mol. The van der Waals surface area contributed by atoms with Crippen molar-refractivity contribution in [1.29, 1.82) is 0 Å². The number of carbonyl (C=O) groups excluding carboxylic acids is 1. The summed E-state index contributed by atoms with van der Waals surface area (Å²) in [6.07, 6.45) is -1.65. The first-order chi connectivity index (χ1) is 7.73. The molecule has 0 aliphatic heterocycles. The summed E-state index contributed by atoms with van der Waals surface area (Å²) in [5.41, 5.74) is 3.89. The third-order valence-corrected chi connectivity index (χ3v) is 1.56. The summed E-state index contributed by atoms with van der Waals surface area (Å²) in [7, 11) is 0. The summed E-state index contributed by atoms with van der Waals surface area (Å²) in [4.78, 5) is 45.2. The molecule has 0 radical (unpaired) electrons. The fourth-order valence-electron chi connectivity index (χ4n) is 0.887. The third kappa shape index (κ3) is 5.87. The van der Waals surface area contributed by atoms with E-state index in [-0.39, 0.29) is 0 Å². The lowest BCUT2D eigenvalue weighted by atomic mass is 10.2. The lowest BCUT2D eigenvalue weighted by molar-refractivity contribution is -0.140. The average Bonchev–Trinajstić information content (AvgIpc) is 2.13. The molecule has 1 amide bonds. The zero-order valence-corrected chi connectivity index (χ0v) is 8.49. The number of aliphatic carboxylic acids is 3. The number of aliphatic imine (C=N–C) groups is 1.